The Labute approximate surface area is 131 Å². The van der Waals surface area contributed by atoms with E-state index in [0.29, 0.717) is 0 Å². The molecule has 0 radical (unpaired) electrons. The quantitative estimate of drug-likeness (QED) is 0.485. The Morgan fingerprint density at radius 3 is 2.30 bits per heavy atom. The first-order valence-electron chi connectivity index (χ1n) is 6.61. The molecule has 0 heterocycles. The number of esters is 1. The van der Waals surface area contributed by atoms with E-state index in [1.807, 2.05) is 0 Å². The molecule has 0 aliphatic heterocycles. The maximum atomic E-state index is 13.2. The second-order valence-corrected chi connectivity index (χ2v) is 4.85. The zero-order chi connectivity index (χ0) is 17.0. The van der Waals surface area contributed by atoms with Gasteiger partial charge in [0.1, 0.15) is 23.5 Å². The molecule has 0 fully saturated rings. The molecule has 0 saturated heterocycles. The molecular formula is C17H11FN2O3. The van der Waals surface area contributed by atoms with Crippen molar-refractivity contribution in [1.29, 1.82) is 10.5 Å². The number of benzene rings is 1. The number of ether oxygens (including phenoxy) is 1. The SMILES string of the molecule is COC(=O)C1(C(=C(C#N)C#N)c2ccc(F)cc2)CC=CC1=O. The average molecular weight is 310 g/mol. The maximum absolute atomic E-state index is 13.2. The Hall–Kier alpha value is -3.25. The minimum atomic E-state index is -1.80. The van der Waals surface area contributed by atoms with Crippen LogP contribution in [0.25, 0.3) is 5.57 Å². The van der Waals surface area contributed by atoms with Crippen LogP contribution < -0.4 is 0 Å². The van der Waals surface area contributed by atoms with E-state index >= 15 is 0 Å². The van der Waals surface area contributed by atoms with Gasteiger partial charge >= 0.3 is 5.97 Å². The van der Waals surface area contributed by atoms with Crippen LogP contribution in [0.15, 0.2) is 42.0 Å². The van der Waals surface area contributed by atoms with Crippen LogP contribution in [0.1, 0.15) is 12.0 Å². The van der Waals surface area contributed by atoms with E-state index in [1.165, 1.54) is 24.3 Å². The molecule has 1 atom stereocenters. The number of ketones is 1. The second kappa shape index (κ2) is 6.25. The van der Waals surface area contributed by atoms with Crippen molar-refractivity contribution in [3.63, 3.8) is 0 Å². The van der Waals surface area contributed by atoms with Crippen LogP contribution in [0.5, 0.6) is 0 Å². The molecule has 114 valence electrons. The first-order valence-corrected chi connectivity index (χ1v) is 6.61. The molecule has 1 aromatic carbocycles. The third-order valence-corrected chi connectivity index (χ3v) is 3.68. The van der Waals surface area contributed by atoms with Crippen LogP contribution in [-0.2, 0) is 14.3 Å². The number of allylic oxidation sites excluding steroid dienone is 3. The van der Waals surface area contributed by atoms with Crippen molar-refractivity contribution in [3.8, 4) is 12.1 Å². The van der Waals surface area contributed by atoms with E-state index in [9.17, 15) is 24.5 Å². The van der Waals surface area contributed by atoms with Gasteiger partial charge in [-0.3, -0.25) is 9.59 Å². The predicted molar refractivity (Wildman–Crippen MR) is 77.8 cm³/mol. The van der Waals surface area contributed by atoms with Crippen molar-refractivity contribution in [2.24, 2.45) is 5.41 Å². The molecule has 1 aromatic rings. The molecule has 0 aromatic heterocycles. The highest BCUT2D eigenvalue weighted by atomic mass is 19.1. The number of rotatable bonds is 3. The lowest BCUT2D eigenvalue weighted by molar-refractivity contribution is -0.151. The molecule has 1 aliphatic carbocycles. The van der Waals surface area contributed by atoms with Gasteiger partial charge in [-0.15, -0.1) is 0 Å². The molecule has 5 nitrogen and oxygen atoms in total. The fraction of sp³-hybridized carbons (Fsp3) is 0.176. The Morgan fingerprint density at radius 1 is 1.26 bits per heavy atom. The number of hydrogen-bond donors (Lipinski definition) is 0. The molecule has 0 saturated carbocycles. The smallest absolute Gasteiger partial charge is 0.324 e. The monoisotopic (exact) mass is 310 g/mol. The van der Waals surface area contributed by atoms with Crippen LogP contribution in [0.3, 0.4) is 0 Å². The molecule has 1 unspecified atom stereocenters. The standard InChI is InChI=1S/C17H11FN2O3/c1-23-16(22)17(8-2-3-14(17)21)15(12(9-19)10-20)11-4-6-13(18)7-5-11/h2-7H,8H2,1H3. The fourth-order valence-electron chi connectivity index (χ4n) is 2.63. The summed E-state index contributed by atoms with van der Waals surface area (Å²) in [6.45, 7) is 0. The molecule has 0 amide bonds. The van der Waals surface area contributed by atoms with Crippen LogP contribution in [0, 0.1) is 33.9 Å². The Bertz CT molecular complexity index is 794. The van der Waals surface area contributed by atoms with Gasteiger partial charge in [0.25, 0.3) is 0 Å². The molecule has 6 heteroatoms. The number of nitriles is 2. The number of methoxy groups -OCH3 is 1. The summed E-state index contributed by atoms with van der Waals surface area (Å²) in [5.41, 5.74) is -2.01. The van der Waals surface area contributed by atoms with E-state index < -0.39 is 23.0 Å². The number of carbonyl (C=O) groups is 2. The molecule has 0 spiro atoms. The predicted octanol–water partition coefficient (Wildman–Crippen LogP) is 2.31. The van der Waals surface area contributed by atoms with Gasteiger partial charge in [-0.25, -0.2) is 4.39 Å². The lowest BCUT2D eigenvalue weighted by Gasteiger charge is -2.28. The Balaban J connectivity index is 2.82. The molecule has 0 bridgehead atoms. The van der Waals surface area contributed by atoms with Gasteiger partial charge in [-0.2, -0.15) is 10.5 Å². The zero-order valence-corrected chi connectivity index (χ0v) is 12.2. The van der Waals surface area contributed by atoms with Gasteiger partial charge < -0.3 is 4.74 Å². The van der Waals surface area contributed by atoms with Gasteiger partial charge in [-0.1, -0.05) is 18.2 Å². The number of carbonyl (C=O) groups excluding carboxylic acids is 2. The summed E-state index contributed by atoms with van der Waals surface area (Å²) >= 11 is 0. The topological polar surface area (TPSA) is 90.9 Å². The fourth-order valence-corrected chi connectivity index (χ4v) is 2.63. The maximum Gasteiger partial charge on any atom is 0.324 e. The van der Waals surface area contributed by atoms with E-state index in [-0.39, 0.29) is 23.1 Å². The van der Waals surface area contributed by atoms with Crippen molar-refractivity contribution in [1.82, 2.24) is 0 Å². The molecule has 23 heavy (non-hydrogen) atoms. The van der Waals surface area contributed by atoms with Crippen molar-refractivity contribution in [2.45, 2.75) is 6.42 Å². The third kappa shape index (κ3) is 2.51. The van der Waals surface area contributed by atoms with Crippen LogP contribution in [0.4, 0.5) is 4.39 Å². The van der Waals surface area contributed by atoms with E-state index in [0.717, 1.165) is 19.2 Å². The van der Waals surface area contributed by atoms with Crippen molar-refractivity contribution < 1.29 is 18.7 Å². The highest BCUT2D eigenvalue weighted by molar-refractivity contribution is 6.21. The number of nitrogens with zero attached hydrogens (tertiary/aromatic N) is 2. The highest BCUT2D eigenvalue weighted by Crippen LogP contribution is 2.45. The minimum Gasteiger partial charge on any atom is -0.468 e. The number of hydrogen-bond acceptors (Lipinski definition) is 5. The summed E-state index contributed by atoms with van der Waals surface area (Å²) in [6.07, 6.45) is 2.67. The van der Waals surface area contributed by atoms with E-state index in [1.54, 1.807) is 12.1 Å². The van der Waals surface area contributed by atoms with Crippen LogP contribution >= 0.6 is 0 Å². The van der Waals surface area contributed by atoms with Crippen LogP contribution in [0.2, 0.25) is 0 Å². The van der Waals surface area contributed by atoms with Crippen LogP contribution in [-0.4, -0.2) is 18.9 Å². The van der Waals surface area contributed by atoms with Gasteiger partial charge in [0.15, 0.2) is 11.2 Å². The minimum absolute atomic E-state index is 0.0297. The zero-order valence-electron chi connectivity index (χ0n) is 12.2. The Morgan fingerprint density at radius 2 is 1.87 bits per heavy atom. The lowest BCUT2D eigenvalue weighted by atomic mass is 9.72. The summed E-state index contributed by atoms with van der Waals surface area (Å²) < 4.78 is 17.9. The van der Waals surface area contributed by atoms with Crippen molar-refractivity contribution in [2.75, 3.05) is 7.11 Å². The molecule has 2 rings (SSSR count). The lowest BCUT2D eigenvalue weighted by Crippen LogP contribution is -2.38. The van der Waals surface area contributed by atoms with E-state index in [2.05, 4.69) is 0 Å². The van der Waals surface area contributed by atoms with Gasteiger partial charge in [0, 0.05) is 5.57 Å². The summed E-state index contributed by atoms with van der Waals surface area (Å²) in [5, 5.41) is 18.5. The van der Waals surface area contributed by atoms with Crippen molar-refractivity contribution in [3.05, 3.63) is 53.4 Å². The van der Waals surface area contributed by atoms with Gasteiger partial charge in [0.2, 0.25) is 0 Å². The first kappa shape index (κ1) is 16.1. The molecule has 0 N–H and O–H groups in total. The Kier molecular flexibility index (Phi) is 4.38. The summed E-state index contributed by atoms with van der Waals surface area (Å²) in [5.74, 6) is -1.96. The van der Waals surface area contributed by atoms with Gasteiger partial charge in [0.05, 0.1) is 7.11 Å². The highest BCUT2D eigenvalue weighted by Gasteiger charge is 2.52. The van der Waals surface area contributed by atoms with E-state index in [4.69, 9.17) is 4.74 Å². The first-order chi connectivity index (χ1) is 11.0. The second-order valence-electron chi connectivity index (χ2n) is 4.85. The summed E-state index contributed by atoms with van der Waals surface area (Å²) in [4.78, 5) is 24.8. The summed E-state index contributed by atoms with van der Waals surface area (Å²) in [7, 11) is 1.12. The third-order valence-electron chi connectivity index (χ3n) is 3.68. The number of halogens is 1. The molecular weight excluding hydrogens is 299 g/mol. The average Bonchev–Trinajstić information content (AvgIpc) is 2.95. The van der Waals surface area contributed by atoms with Gasteiger partial charge in [-0.05, 0) is 30.2 Å². The largest absolute Gasteiger partial charge is 0.468 e. The summed E-state index contributed by atoms with van der Waals surface area (Å²) in [6, 6.07) is 8.29. The normalized spacial score (nSPS) is 18.9. The molecule has 1 aliphatic rings. The van der Waals surface area contributed by atoms with Crippen molar-refractivity contribution >= 4 is 17.3 Å².